The van der Waals surface area contributed by atoms with Gasteiger partial charge in [-0.25, -0.2) is 0 Å². The predicted octanol–water partition coefficient (Wildman–Crippen LogP) is 1.41. The number of nitrogens with one attached hydrogen (secondary N) is 2. The number of fused-ring (bicyclic) bond motifs is 1. The van der Waals surface area contributed by atoms with Gasteiger partial charge < -0.3 is 39.4 Å². The Morgan fingerprint density at radius 2 is 1.42 bits per heavy atom. The lowest BCUT2D eigenvalue weighted by Gasteiger charge is -2.31. The predicted molar refractivity (Wildman–Crippen MR) is 129 cm³/mol. The molecule has 1 aromatic heterocycles. The molecule has 1 aromatic carbocycles. The van der Waals surface area contributed by atoms with E-state index < -0.39 is 0 Å². The highest BCUT2D eigenvalue weighted by atomic mass is 32.1. The summed E-state index contributed by atoms with van der Waals surface area (Å²) in [5, 5.41) is 6.84. The zero-order chi connectivity index (χ0) is 22.5. The van der Waals surface area contributed by atoms with Gasteiger partial charge in [-0.15, -0.1) is 0 Å². The zero-order valence-electron chi connectivity index (χ0n) is 18.4. The summed E-state index contributed by atoms with van der Waals surface area (Å²) >= 11 is 5.53. The number of morpholine rings is 2. The number of thiocarbonyl (C=S) groups is 1. The minimum atomic E-state index is 0.456. The molecule has 3 aliphatic heterocycles. The van der Waals surface area contributed by atoms with Crippen LogP contribution in [0, 0.1) is 0 Å². The molecule has 0 aliphatic carbocycles. The largest absolute Gasteiger partial charge is 0.486 e. The third-order valence-corrected chi connectivity index (χ3v) is 5.90. The molecule has 11 heteroatoms. The molecule has 10 nitrogen and oxygen atoms in total. The van der Waals surface area contributed by atoms with E-state index in [2.05, 4.69) is 20.4 Å². The lowest BCUT2D eigenvalue weighted by molar-refractivity contribution is 0.122. The van der Waals surface area contributed by atoms with E-state index in [0.29, 0.717) is 57.2 Å². The highest BCUT2D eigenvalue weighted by Crippen LogP contribution is 2.30. The maximum absolute atomic E-state index is 5.66. The lowest BCUT2D eigenvalue weighted by atomic mass is 10.2. The molecular formula is C22H28N6O4S. The van der Waals surface area contributed by atoms with Crippen molar-refractivity contribution in [2.24, 2.45) is 0 Å². The van der Waals surface area contributed by atoms with E-state index in [1.54, 1.807) is 0 Å². The van der Waals surface area contributed by atoms with Gasteiger partial charge in [0.15, 0.2) is 16.6 Å². The quantitative estimate of drug-likeness (QED) is 0.619. The van der Waals surface area contributed by atoms with Crippen molar-refractivity contribution < 1.29 is 18.9 Å². The Bertz CT molecular complexity index is 945. The summed E-state index contributed by atoms with van der Waals surface area (Å²) in [6, 6.07) is 7.92. The summed E-state index contributed by atoms with van der Waals surface area (Å²) < 4.78 is 22.2. The monoisotopic (exact) mass is 472 g/mol. The minimum Gasteiger partial charge on any atom is -0.486 e. The van der Waals surface area contributed by atoms with E-state index >= 15 is 0 Å². The van der Waals surface area contributed by atoms with E-state index in [1.807, 2.05) is 24.3 Å². The van der Waals surface area contributed by atoms with Crippen LogP contribution in [0.3, 0.4) is 0 Å². The average molecular weight is 473 g/mol. The molecule has 2 N–H and O–H groups in total. The first-order valence-corrected chi connectivity index (χ1v) is 11.6. The van der Waals surface area contributed by atoms with Crippen molar-refractivity contribution in [3.8, 4) is 11.5 Å². The maximum atomic E-state index is 5.66. The van der Waals surface area contributed by atoms with Crippen molar-refractivity contribution >= 4 is 34.9 Å². The van der Waals surface area contributed by atoms with Gasteiger partial charge in [-0.05, 0) is 29.9 Å². The van der Waals surface area contributed by atoms with Crippen molar-refractivity contribution in [2.45, 2.75) is 6.54 Å². The number of benzene rings is 1. The summed E-state index contributed by atoms with van der Waals surface area (Å²) in [6.07, 6.45) is 0. The SMILES string of the molecule is S=C(NCc1ccc2c(c1)OCCO2)Nc1nc(N2CCOCC2)cc(N2CCOCC2)n1. The van der Waals surface area contributed by atoms with Gasteiger partial charge in [-0.3, -0.25) is 0 Å². The molecule has 0 unspecified atom stereocenters. The van der Waals surface area contributed by atoms with E-state index in [0.717, 1.165) is 54.9 Å². The van der Waals surface area contributed by atoms with Gasteiger partial charge >= 0.3 is 0 Å². The van der Waals surface area contributed by atoms with Crippen LogP contribution in [0.25, 0.3) is 0 Å². The van der Waals surface area contributed by atoms with Crippen molar-refractivity contribution in [2.75, 3.05) is 80.9 Å². The van der Waals surface area contributed by atoms with Gasteiger partial charge in [0.05, 0.1) is 26.4 Å². The smallest absolute Gasteiger partial charge is 0.232 e. The van der Waals surface area contributed by atoms with Crippen molar-refractivity contribution in [1.29, 1.82) is 0 Å². The molecule has 176 valence electrons. The van der Waals surface area contributed by atoms with Crippen LogP contribution in [0.15, 0.2) is 24.3 Å². The Labute approximate surface area is 198 Å². The first kappa shape index (κ1) is 21.9. The number of aromatic nitrogens is 2. The zero-order valence-corrected chi connectivity index (χ0v) is 19.2. The van der Waals surface area contributed by atoms with Gasteiger partial charge in [0.25, 0.3) is 0 Å². The minimum absolute atomic E-state index is 0.456. The lowest BCUT2D eigenvalue weighted by Crippen LogP contribution is -2.39. The molecule has 0 spiro atoms. The standard InChI is InChI=1S/C22H28N6O4S/c33-22(23-15-16-1-2-17-18(13-16)32-12-11-31-17)26-21-24-19(27-3-7-29-8-4-27)14-20(25-21)28-5-9-30-10-6-28/h1-2,13-14H,3-12,15H2,(H2,23,24,25,26,33). The first-order chi connectivity index (χ1) is 16.2. The second-order valence-electron chi connectivity index (χ2n) is 7.89. The van der Waals surface area contributed by atoms with Crippen LogP contribution < -0.4 is 29.9 Å². The number of ether oxygens (including phenoxy) is 4. The molecule has 0 amide bonds. The van der Waals surface area contributed by atoms with Crippen LogP contribution in [0.5, 0.6) is 11.5 Å². The second-order valence-corrected chi connectivity index (χ2v) is 8.30. The first-order valence-electron chi connectivity index (χ1n) is 11.2. The Hall–Kier alpha value is -2.89. The van der Waals surface area contributed by atoms with Gasteiger partial charge in [0.1, 0.15) is 24.8 Å². The van der Waals surface area contributed by atoms with Crippen molar-refractivity contribution in [3.63, 3.8) is 0 Å². The summed E-state index contributed by atoms with van der Waals surface area (Å²) in [7, 11) is 0. The number of anilines is 3. The van der Waals surface area contributed by atoms with Crippen LogP contribution in [0.4, 0.5) is 17.6 Å². The van der Waals surface area contributed by atoms with Gasteiger partial charge in [-0.1, -0.05) is 6.07 Å². The molecule has 0 saturated carbocycles. The number of hydrogen-bond donors (Lipinski definition) is 2. The second kappa shape index (κ2) is 10.4. The fourth-order valence-electron chi connectivity index (χ4n) is 3.91. The molecule has 0 radical (unpaired) electrons. The summed E-state index contributed by atoms with van der Waals surface area (Å²) in [5.41, 5.74) is 1.04. The van der Waals surface area contributed by atoms with Gasteiger partial charge in [0.2, 0.25) is 5.95 Å². The molecular weight excluding hydrogens is 444 g/mol. The summed E-state index contributed by atoms with van der Waals surface area (Å²) in [6.45, 7) is 7.63. The molecule has 33 heavy (non-hydrogen) atoms. The Balaban J connectivity index is 1.27. The Kier molecular flexibility index (Phi) is 6.89. The fraction of sp³-hybridized carbons (Fsp3) is 0.500. The third-order valence-electron chi connectivity index (χ3n) is 5.65. The van der Waals surface area contributed by atoms with Gasteiger partial charge in [-0.2, -0.15) is 9.97 Å². The summed E-state index contributed by atoms with van der Waals surface area (Å²) in [5.74, 6) is 3.74. The number of nitrogens with zero attached hydrogens (tertiary/aromatic N) is 4. The maximum Gasteiger partial charge on any atom is 0.232 e. The van der Waals surface area contributed by atoms with E-state index in [4.69, 9.17) is 41.1 Å². The van der Waals surface area contributed by atoms with Crippen LogP contribution in [0.1, 0.15) is 5.56 Å². The molecule has 2 fully saturated rings. The van der Waals surface area contributed by atoms with E-state index in [9.17, 15) is 0 Å². The van der Waals surface area contributed by atoms with Crippen LogP contribution in [-0.2, 0) is 16.0 Å². The highest BCUT2D eigenvalue weighted by Gasteiger charge is 2.19. The van der Waals surface area contributed by atoms with Crippen molar-refractivity contribution in [1.82, 2.24) is 15.3 Å². The topological polar surface area (TPSA) is 93.2 Å². The molecule has 2 aromatic rings. The fourth-order valence-corrected chi connectivity index (χ4v) is 4.08. The van der Waals surface area contributed by atoms with Crippen molar-refractivity contribution in [3.05, 3.63) is 29.8 Å². The number of hydrogen-bond acceptors (Lipinski definition) is 9. The van der Waals surface area contributed by atoms with E-state index in [-0.39, 0.29) is 0 Å². The summed E-state index contributed by atoms with van der Waals surface area (Å²) in [4.78, 5) is 13.9. The molecule has 4 heterocycles. The Morgan fingerprint density at radius 1 is 0.818 bits per heavy atom. The molecule has 3 aliphatic rings. The number of rotatable bonds is 5. The van der Waals surface area contributed by atoms with Crippen LogP contribution >= 0.6 is 12.2 Å². The molecule has 0 bridgehead atoms. The molecule has 2 saturated heterocycles. The van der Waals surface area contributed by atoms with Crippen LogP contribution in [0.2, 0.25) is 0 Å². The normalized spacial score (nSPS) is 18.1. The highest BCUT2D eigenvalue weighted by molar-refractivity contribution is 7.80. The molecule has 5 rings (SSSR count). The average Bonchev–Trinajstić information content (AvgIpc) is 2.88. The molecule has 0 atom stereocenters. The van der Waals surface area contributed by atoms with E-state index in [1.165, 1.54) is 0 Å². The van der Waals surface area contributed by atoms with Gasteiger partial charge in [0, 0.05) is 38.8 Å². The Morgan fingerprint density at radius 3 is 2.06 bits per heavy atom. The third kappa shape index (κ3) is 5.55. The van der Waals surface area contributed by atoms with Crippen LogP contribution in [-0.4, -0.2) is 80.9 Å².